The van der Waals surface area contributed by atoms with E-state index in [9.17, 15) is 14.7 Å². The Hall–Kier alpha value is -2.57. The van der Waals surface area contributed by atoms with Crippen molar-refractivity contribution in [2.75, 3.05) is 19.6 Å². The van der Waals surface area contributed by atoms with E-state index in [2.05, 4.69) is 5.32 Å². The predicted molar refractivity (Wildman–Crippen MR) is 116 cm³/mol. The maximum atomic E-state index is 13.3. The minimum absolute atomic E-state index is 0.0442. The summed E-state index contributed by atoms with van der Waals surface area (Å²) in [4.78, 5) is 27.7. The fourth-order valence-electron chi connectivity index (χ4n) is 5.09. The summed E-state index contributed by atoms with van der Waals surface area (Å²) in [5.41, 5.74) is 1.04. The lowest BCUT2D eigenvalue weighted by atomic mass is 9.71. The lowest BCUT2D eigenvalue weighted by Gasteiger charge is -2.46. The second kappa shape index (κ2) is 7.29. The molecule has 30 heavy (non-hydrogen) atoms. The molecule has 2 fully saturated rings. The lowest BCUT2D eigenvalue weighted by Crippen LogP contribution is -2.62. The van der Waals surface area contributed by atoms with Gasteiger partial charge in [-0.3, -0.25) is 9.59 Å². The number of para-hydroxylation sites is 1. The number of nitrogens with one attached hydrogen (secondary N) is 1. The molecule has 7 heteroatoms. The van der Waals surface area contributed by atoms with Crippen LogP contribution >= 0.6 is 11.6 Å². The maximum absolute atomic E-state index is 13.3. The molecule has 2 aromatic carbocycles. The summed E-state index contributed by atoms with van der Waals surface area (Å²) in [6.45, 7) is 1.53. The van der Waals surface area contributed by atoms with Crippen LogP contribution in [0.15, 0.2) is 42.5 Å². The second-order valence-electron chi connectivity index (χ2n) is 8.40. The van der Waals surface area contributed by atoms with Gasteiger partial charge in [0.1, 0.15) is 6.54 Å². The van der Waals surface area contributed by atoms with Crippen LogP contribution < -0.4 is 5.32 Å². The zero-order chi connectivity index (χ0) is 20.9. The van der Waals surface area contributed by atoms with E-state index in [1.54, 1.807) is 4.90 Å². The summed E-state index contributed by atoms with van der Waals surface area (Å²) < 4.78 is 2.02. The number of aliphatic hydroxyl groups is 1. The van der Waals surface area contributed by atoms with Crippen LogP contribution in [0, 0.1) is 5.41 Å². The van der Waals surface area contributed by atoms with Crippen molar-refractivity contribution in [1.82, 2.24) is 14.8 Å². The van der Waals surface area contributed by atoms with Crippen molar-refractivity contribution in [2.24, 2.45) is 5.41 Å². The van der Waals surface area contributed by atoms with Crippen LogP contribution in [-0.4, -0.2) is 52.1 Å². The summed E-state index contributed by atoms with van der Waals surface area (Å²) in [5, 5.41) is 16.2. The van der Waals surface area contributed by atoms with Crippen molar-refractivity contribution >= 4 is 45.2 Å². The molecule has 2 aliphatic rings. The fraction of sp³-hybridized carbons (Fsp3) is 0.391. The third kappa shape index (κ3) is 2.97. The van der Waals surface area contributed by atoms with Crippen molar-refractivity contribution in [3.8, 4) is 0 Å². The first kappa shape index (κ1) is 19.4. The summed E-state index contributed by atoms with van der Waals surface area (Å²) >= 11 is 6.22. The summed E-state index contributed by atoms with van der Waals surface area (Å²) in [5.74, 6) is -0.178. The molecule has 156 valence electrons. The average molecular weight is 426 g/mol. The van der Waals surface area contributed by atoms with E-state index in [1.165, 1.54) is 0 Å². The van der Waals surface area contributed by atoms with Gasteiger partial charge in [0.05, 0.1) is 11.5 Å². The Kier molecular flexibility index (Phi) is 4.71. The van der Waals surface area contributed by atoms with Gasteiger partial charge in [-0.25, -0.2) is 0 Å². The number of aromatic nitrogens is 1. The molecule has 2 amide bonds. The fourth-order valence-corrected chi connectivity index (χ4v) is 5.26. The Balaban J connectivity index is 1.48. The highest BCUT2D eigenvalue weighted by atomic mass is 35.5. The molecule has 0 aliphatic carbocycles. The van der Waals surface area contributed by atoms with Gasteiger partial charge in [-0.2, -0.15) is 0 Å². The van der Waals surface area contributed by atoms with Gasteiger partial charge in [0.25, 0.3) is 0 Å². The Labute approximate surface area is 179 Å². The zero-order valence-corrected chi connectivity index (χ0v) is 17.4. The SMILES string of the molecule is O=C(Cn1c2ccccc2c2cc(Cl)ccc21)N1CC[C@H](O)[C@@]2(CCCNC2=O)C1. The first-order chi connectivity index (χ1) is 14.5. The molecule has 3 aromatic rings. The molecule has 3 heterocycles. The molecule has 5 rings (SSSR count). The zero-order valence-electron chi connectivity index (χ0n) is 16.6. The molecule has 0 unspecified atom stereocenters. The van der Waals surface area contributed by atoms with Crippen molar-refractivity contribution in [3.63, 3.8) is 0 Å². The van der Waals surface area contributed by atoms with E-state index in [-0.39, 0.29) is 24.9 Å². The number of hydrogen-bond donors (Lipinski definition) is 2. The normalized spacial score (nSPS) is 24.5. The average Bonchev–Trinajstić information content (AvgIpc) is 3.05. The van der Waals surface area contributed by atoms with E-state index in [1.807, 2.05) is 47.0 Å². The molecule has 1 spiro atoms. The molecule has 2 saturated heterocycles. The topological polar surface area (TPSA) is 74.6 Å². The van der Waals surface area contributed by atoms with Crippen LogP contribution in [0.5, 0.6) is 0 Å². The standard InChI is InChI=1S/C23H24ClN3O3/c24-15-6-7-19-17(12-15)16-4-1-2-5-18(16)27(19)13-21(29)26-11-8-20(28)23(14-26)9-3-10-25-22(23)30/h1-2,4-7,12,20,28H,3,8-11,13-14H2,(H,25,30)/t20-,23+/m0/s1. The number of nitrogens with zero attached hydrogens (tertiary/aromatic N) is 2. The monoisotopic (exact) mass is 425 g/mol. The summed E-state index contributed by atoms with van der Waals surface area (Å²) in [6, 6.07) is 13.7. The predicted octanol–water partition coefficient (Wildman–Crippen LogP) is 2.94. The van der Waals surface area contributed by atoms with Gasteiger partial charge in [-0.1, -0.05) is 29.8 Å². The largest absolute Gasteiger partial charge is 0.392 e. The number of halogens is 1. The number of amides is 2. The minimum atomic E-state index is -0.888. The van der Waals surface area contributed by atoms with Crippen LogP contribution in [0.25, 0.3) is 21.8 Å². The molecule has 2 atom stereocenters. The number of likely N-dealkylation sites (tertiary alicyclic amines) is 1. The first-order valence-corrected chi connectivity index (χ1v) is 10.8. The molecule has 0 saturated carbocycles. The third-order valence-electron chi connectivity index (χ3n) is 6.70. The molecule has 0 bridgehead atoms. The number of carbonyl (C=O) groups is 2. The first-order valence-electron chi connectivity index (χ1n) is 10.4. The number of benzene rings is 2. The molecular formula is C23H24ClN3O3. The second-order valence-corrected chi connectivity index (χ2v) is 8.84. The number of carbonyl (C=O) groups excluding carboxylic acids is 2. The van der Waals surface area contributed by atoms with Crippen molar-refractivity contribution in [1.29, 1.82) is 0 Å². The number of fused-ring (bicyclic) bond motifs is 3. The lowest BCUT2D eigenvalue weighted by molar-refractivity contribution is -0.154. The van der Waals surface area contributed by atoms with Gasteiger partial charge in [-0.15, -0.1) is 0 Å². The van der Waals surface area contributed by atoms with E-state index in [0.29, 0.717) is 31.0 Å². The molecule has 1 aromatic heterocycles. The van der Waals surface area contributed by atoms with Crippen LogP contribution in [0.1, 0.15) is 19.3 Å². The molecule has 0 radical (unpaired) electrons. The quantitative estimate of drug-likeness (QED) is 0.663. The molecule has 6 nitrogen and oxygen atoms in total. The maximum Gasteiger partial charge on any atom is 0.242 e. The smallest absolute Gasteiger partial charge is 0.242 e. The molecular weight excluding hydrogens is 402 g/mol. The van der Waals surface area contributed by atoms with Gasteiger partial charge in [-0.05, 0) is 43.5 Å². The highest BCUT2D eigenvalue weighted by Crippen LogP contribution is 2.38. The van der Waals surface area contributed by atoms with E-state index in [4.69, 9.17) is 11.6 Å². The van der Waals surface area contributed by atoms with Gasteiger partial charge < -0.3 is 19.9 Å². The van der Waals surface area contributed by atoms with Gasteiger partial charge >= 0.3 is 0 Å². The van der Waals surface area contributed by atoms with E-state index >= 15 is 0 Å². The number of hydrogen-bond acceptors (Lipinski definition) is 3. The highest BCUT2D eigenvalue weighted by molar-refractivity contribution is 6.31. The van der Waals surface area contributed by atoms with E-state index < -0.39 is 11.5 Å². The number of aliphatic hydroxyl groups excluding tert-OH is 1. The van der Waals surface area contributed by atoms with Gasteiger partial charge in [0, 0.05) is 46.5 Å². The van der Waals surface area contributed by atoms with Crippen LogP contribution in [0.3, 0.4) is 0 Å². The molecule has 2 aliphatic heterocycles. The Morgan fingerprint density at radius 2 is 2.00 bits per heavy atom. The Bertz CT molecular complexity index is 1160. The third-order valence-corrected chi connectivity index (χ3v) is 6.94. The van der Waals surface area contributed by atoms with Crippen molar-refractivity contribution < 1.29 is 14.7 Å². The van der Waals surface area contributed by atoms with Gasteiger partial charge in [0.15, 0.2) is 0 Å². The summed E-state index contributed by atoms with van der Waals surface area (Å²) in [6.07, 6.45) is 1.13. The van der Waals surface area contributed by atoms with Crippen LogP contribution in [-0.2, 0) is 16.1 Å². The van der Waals surface area contributed by atoms with Gasteiger partial charge in [0.2, 0.25) is 11.8 Å². The minimum Gasteiger partial charge on any atom is -0.392 e. The van der Waals surface area contributed by atoms with Crippen LogP contribution in [0.2, 0.25) is 5.02 Å². The van der Waals surface area contributed by atoms with Crippen molar-refractivity contribution in [2.45, 2.75) is 31.9 Å². The van der Waals surface area contributed by atoms with Crippen LogP contribution in [0.4, 0.5) is 0 Å². The molecule has 2 N–H and O–H groups in total. The number of piperidine rings is 2. The Morgan fingerprint density at radius 1 is 1.20 bits per heavy atom. The Morgan fingerprint density at radius 3 is 2.83 bits per heavy atom. The number of rotatable bonds is 2. The summed E-state index contributed by atoms with van der Waals surface area (Å²) in [7, 11) is 0. The van der Waals surface area contributed by atoms with E-state index in [0.717, 1.165) is 28.2 Å². The highest BCUT2D eigenvalue weighted by Gasteiger charge is 2.50. The van der Waals surface area contributed by atoms with Crippen molar-refractivity contribution in [3.05, 3.63) is 47.5 Å².